The first-order valence-corrected chi connectivity index (χ1v) is 10.5. The van der Waals surface area contributed by atoms with E-state index >= 15 is 0 Å². The molecule has 0 heterocycles. The van der Waals surface area contributed by atoms with Crippen molar-refractivity contribution in [2.45, 2.75) is 39.0 Å². The molecule has 0 unspecified atom stereocenters. The fraction of sp³-hybridized carbons (Fsp3) is 0.588. The first kappa shape index (κ1) is 25.8. The molecule has 0 spiro atoms. The SMILES string of the molecule is CCNC(=NCCS(=O)(=O)C(C)(C)C)N(C)Cc1ccc(Cl)c(Cl)c1.I. The van der Waals surface area contributed by atoms with Gasteiger partial charge in [0, 0.05) is 20.1 Å². The standard InChI is InChI=1S/C17H27Cl2N3O2S.HI/c1-6-20-16(21-9-10-25(23,24)17(2,3)4)22(5)12-13-7-8-14(18)15(19)11-13;/h7-8,11H,6,9-10,12H2,1-5H3,(H,20,21);1H. The second kappa shape index (κ2) is 10.9. The van der Waals surface area contributed by atoms with E-state index in [4.69, 9.17) is 23.2 Å². The maximum Gasteiger partial charge on any atom is 0.193 e. The lowest BCUT2D eigenvalue weighted by Crippen LogP contribution is -2.39. The third-order valence-electron chi connectivity index (χ3n) is 3.65. The first-order valence-electron chi connectivity index (χ1n) is 8.13. The Balaban J connectivity index is 0.00000625. The summed E-state index contributed by atoms with van der Waals surface area (Å²) in [7, 11) is -1.30. The van der Waals surface area contributed by atoms with Crippen molar-refractivity contribution in [3.8, 4) is 0 Å². The largest absolute Gasteiger partial charge is 0.357 e. The highest BCUT2D eigenvalue weighted by Gasteiger charge is 2.28. The number of hydrogen-bond acceptors (Lipinski definition) is 3. The summed E-state index contributed by atoms with van der Waals surface area (Å²) >= 11 is 12.0. The lowest BCUT2D eigenvalue weighted by Gasteiger charge is -2.23. The van der Waals surface area contributed by atoms with Gasteiger partial charge in [0.05, 0.1) is 27.1 Å². The number of aliphatic imine (C=N–C) groups is 1. The van der Waals surface area contributed by atoms with Crippen LogP contribution in [0.25, 0.3) is 0 Å². The fourth-order valence-electron chi connectivity index (χ4n) is 2.03. The number of nitrogens with one attached hydrogen (secondary N) is 1. The third kappa shape index (κ3) is 7.78. The zero-order chi connectivity index (χ0) is 19.3. The highest BCUT2D eigenvalue weighted by atomic mass is 127. The van der Waals surface area contributed by atoms with Crippen molar-refractivity contribution in [3.05, 3.63) is 33.8 Å². The van der Waals surface area contributed by atoms with Gasteiger partial charge in [-0.2, -0.15) is 0 Å². The number of benzene rings is 1. The van der Waals surface area contributed by atoms with Crippen LogP contribution < -0.4 is 5.32 Å². The van der Waals surface area contributed by atoms with E-state index < -0.39 is 14.6 Å². The maximum absolute atomic E-state index is 12.2. The molecule has 1 aromatic rings. The van der Waals surface area contributed by atoms with Crippen LogP contribution in [-0.2, 0) is 16.4 Å². The Morgan fingerprint density at radius 2 is 1.85 bits per heavy atom. The molecule has 1 N–H and O–H groups in total. The van der Waals surface area contributed by atoms with Crippen molar-refractivity contribution in [3.63, 3.8) is 0 Å². The number of rotatable bonds is 6. The van der Waals surface area contributed by atoms with Crippen LogP contribution >= 0.6 is 47.2 Å². The summed E-state index contributed by atoms with van der Waals surface area (Å²) < 4.78 is 23.6. The lowest BCUT2D eigenvalue weighted by molar-refractivity contribution is 0.477. The van der Waals surface area contributed by atoms with E-state index in [1.807, 2.05) is 31.0 Å². The van der Waals surface area contributed by atoms with E-state index in [0.29, 0.717) is 29.1 Å². The van der Waals surface area contributed by atoms with Crippen LogP contribution in [0.5, 0.6) is 0 Å². The molecule has 0 aliphatic heterocycles. The molecule has 0 radical (unpaired) electrons. The minimum Gasteiger partial charge on any atom is -0.357 e. The van der Waals surface area contributed by atoms with Crippen LogP contribution in [0.1, 0.15) is 33.3 Å². The summed E-state index contributed by atoms with van der Waals surface area (Å²) in [5.74, 6) is 0.670. The molecule has 5 nitrogen and oxygen atoms in total. The fourth-order valence-corrected chi connectivity index (χ4v) is 3.30. The van der Waals surface area contributed by atoms with Crippen molar-refractivity contribution in [1.82, 2.24) is 10.2 Å². The highest BCUT2D eigenvalue weighted by Crippen LogP contribution is 2.23. The Bertz CT molecular complexity index is 719. The van der Waals surface area contributed by atoms with Gasteiger partial charge in [-0.25, -0.2) is 8.42 Å². The summed E-state index contributed by atoms with van der Waals surface area (Å²) in [6.45, 7) is 8.56. The minimum absolute atomic E-state index is 0. The van der Waals surface area contributed by atoms with Gasteiger partial charge in [0.2, 0.25) is 0 Å². The molecule has 1 rings (SSSR count). The summed E-state index contributed by atoms with van der Waals surface area (Å²) in [5, 5.41) is 4.20. The Morgan fingerprint density at radius 3 is 2.35 bits per heavy atom. The van der Waals surface area contributed by atoms with E-state index in [2.05, 4.69) is 10.3 Å². The molecule has 0 saturated carbocycles. The van der Waals surface area contributed by atoms with E-state index in [-0.39, 0.29) is 36.3 Å². The summed E-state index contributed by atoms with van der Waals surface area (Å²) in [6.07, 6.45) is 0. The van der Waals surface area contributed by atoms with Crippen molar-refractivity contribution in [2.75, 3.05) is 25.9 Å². The van der Waals surface area contributed by atoms with Gasteiger partial charge in [0.15, 0.2) is 15.8 Å². The zero-order valence-corrected chi connectivity index (χ0v) is 20.5. The monoisotopic (exact) mass is 535 g/mol. The average molecular weight is 536 g/mol. The number of hydrogen-bond donors (Lipinski definition) is 1. The van der Waals surface area contributed by atoms with Crippen molar-refractivity contribution in [2.24, 2.45) is 4.99 Å². The van der Waals surface area contributed by atoms with E-state index in [0.717, 1.165) is 5.56 Å². The van der Waals surface area contributed by atoms with Gasteiger partial charge < -0.3 is 10.2 Å². The molecule has 0 aliphatic rings. The molecule has 0 bridgehead atoms. The van der Waals surface area contributed by atoms with Crippen LogP contribution in [0.3, 0.4) is 0 Å². The number of nitrogens with zero attached hydrogens (tertiary/aromatic N) is 2. The van der Waals surface area contributed by atoms with Crippen LogP contribution in [0.4, 0.5) is 0 Å². The van der Waals surface area contributed by atoms with Gasteiger partial charge in [-0.05, 0) is 45.4 Å². The van der Waals surface area contributed by atoms with Gasteiger partial charge in [0.1, 0.15) is 0 Å². The Labute approximate surface area is 184 Å². The lowest BCUT2D eigenvalue weighted by atomic mass is 10.2. The van der Waals surface area contributed by atoms with Crippen molar-refractivity contribution >= 4 is 63.0 Å². The van der Waals surface area contributed by atoms with E-state index in [9.17, 15) is 8.42 Å². The second-order valence-electron chi connectivity index (χ2n) is 6.77. The van der Waals surface area contributed by atoms with Crippen LogP contribution in [-0.4, -0.2) is 49.9 Å². The molecule has 26 heavy (non-hydrogen) atoms. The number of halogens is 3. The maximum atomic E-state index is 12.2. The predicted molar refractivity (Wildman–Crippen MR) is 123 cm³/mol. The Hall–Kier alpha value is -0.250. The molecule has 0 aliphatic carbocycles. The molecule has 150 valence electrons. The van der Waals surface area contributed by atoms with E-state index in [1.54, 1.807) is 26.8 Å². The Morgan fingerprint density at radius 1 is 1.23 bits per heavy atom. The summed E-state index contributed by atoms with van der Waals surface area (Å²) in [6, 6.07) is 5.47. The summed E-state index contributed by atoms with van der Waals surface area (Å²) in [4.78, 5) is 6.36. The topological polar surface area (TPSA) is 61.8 Å². The molecule has 0 amide bonds. The molecule has 0 atom stereocenters. The first-order chi connectivity index (χ1) is 11.5. The van der Waals surface area contributed by atoms with Gasteiger partial charge >= 0.3 is 0 Å². The molecule has 0 saturated heterocycles. The van der Waals surface area contributed by atoms with Crippen LogP contribution in [0.15, 0.2) is 23.2 Å². The smallest absolute Gasteiger partial charge is 0.193 e. The molecule has 1 aromatic carbocycles. The van der Waals surface area contributed by atoms with Crippen molar-refractivity contribution in [1.29, 1.82) is 0 Å². The molecule has 0 fully saturated rings. The second-order valence-corrected chi connectivity index (χ2v) is 10.4. The number of sulfone groups is 1. The molecular weight excluding hydrogens is 508 g/mol. The van der Waals surface area contributed by atoms with Gasteiger partial charge in [-0.1, -0.05) is 29.3 Å². The van der Waals surface area contributed by atoms with E-state index in [1.165, 1.54) is 0 Å². The van der Waals surface area contributed by atoms with Crippen molar-refractivity contribution < 1.29 is 8.42 Å². The zero-order valence-electron chi connectivity index (χ0n) is 15.8. The number of guanidine groups is 1. The third-order valence-corrected chi connectivity index (χ3v) is 6.98. The average Bonchev–Trinajstić information content (AvgIpc) is 2.48. The quantitative estimate of drug-likeness (QED) is 0.336. The normalized spacial score (nSPS) is 12.5. The van der Waals surface area contributed by atoms with Crippen LogP contribution in [0.2, 0.25) is 10.0 Å². The molecular formula is C17H28Cl2IN3O2S. The highest BCUT2D eigenvalue weighted by molar-refractivity contribution is 14.0. The minimum atomic E-state index is -3.19. The molecule has 9 heteroatoms. The molecule has 0 aromatic heterocycles. The van der Waals surface area contributed by atoms with Gasteiger partial charge in [-0.3, -0.25) is 4.99 Å². The summed E-state index contributed by atoms with van der Waals surface area (Å²) in [5.41, 5.74) is 0.991. The van der Waals surface area contributed by atoms with Gasteiger partial charge in [0.25, 0.3) is 0 Å². The Kier molecular flexibility index (Phi) is 10.8. The van der Waals surface area contributed by atoms with Gasteiger partial charge in [-0.15, -0.1) is 24.0 Å². The predicted octanol–water partition coefficient (Wildman–Crippen LogP) is 4.22. The van der Waals surface area contributed by atoms with Crippen LogP contribution in [0, 0.1) is 0 Å².